The Balaban J connectivity index is 1.52. The van der Waals surface area contributed by atoms with Crippen molar-refractivity contribution in [2.75, 3.05) is 33.3 Å². The highest BCUT2D eigenvalue weighted by Gasteiger charge is 2.38. The molecule has 1 saturated carbocycles. The van der Waals surface area contributed by atoms with E-state index in [9.17, 15) is 13.6 Å². The number of piperidine rings is 1. The fourth-order valence-corrected chi connectivity index (χ4v) is 4.61. The van der Waals surface area contributed by atoms with Crippen LogP contribution in [0.1, 0.15) is 42.5 Å². The summed E-state index contributed by atoms with van der Waals surface area (Å²) in [7, 11) is 1.35. The van der Waals surface area contributed by atoms with E-state index >= 15 is 0 Å². The molecule has 1 amide bonds. The number of rotatable bonds is 4. The predicted octanol–water partition coefficient (Wildman–Crippen LogP) is 3.31. The number of carbonyl (C=O) groups excluding carboxylic acids is 1. The molecule has 142 valence electrons. The Morgan fingerprint density at radius 3 is 2.46 bits per heavy atom. The van der Waals surface area contributed by atoms with E-state index in [1.165, 1.54) is 26.4 Å². The number of hydrogen-bond donors (Lipinski definition) is 0. The summed E-state index contributed by atoms with van der Waals surface area (Å²) in [6.45, 7) is 3.25. The van der Waals surface area contributed by atoms with E-state index in [1.807, 2.05) is 0 Å². The molecule has 1 aromatic rings. The summed E-state index contributed by atoms with van der Waals surface area (Å²) in [5.41, 5.74) is -0.461. The van der Waals surface area contributed by atoms with Crippen molar-refractivity contribution in [3.8, 4) is 5.75 Å². The lowest BCUT2D eigenvalue weighted by atomic mass is 9.83. The van der Waals surface area contributed by atoms with Gasteiger partial charge in [-0.15, -0.1) is 0 Å². The number of ether oxygens (including phenoxy) is 1. The Hall–Kier alpha value is -1.69. The first kappa shape index (κ1) is 17.7. The third-order valence-electron chi connectivity index (χ3n) is 6.30. The number of hydrogen-bond acceptors (Lipinski definition) is 3. The van der Waals surface area contributed by atoms with Crippen LogP contribution < -0.4 is 4.74 Å². The highest BCUT2D eigenvalue weighted by molar-refractivity contribution is 5.95. The van der Waals surface area contributed by atoms with Crippen molar-refractivity contribution in [2.45, 2.75) is 38.1 Å². The summed E-state index contributed by atoms with van der Waals surface area (Å²) in [6, 6.07) is 2.46. The second-order valence-electron chi connectivity index (χ2n) is 8.02. The highest BCUT2D eigenvalue weighted by atomic mass is 19.1. The van der Waals surface area contributed by atoms with Gasteiger partial charge in [0.15, 0.2) is 0 Å². The first-order chi connectivity index (χ1) is 12.5. The van der Waals surface area contributed by atoms with E-state index in [2.05, 4.69) is 4.90 Å². The molecule has 2 atom stereocenters. The molecule has 1 aromatic carbocycles. The van der Waals surface area contributed by atoms with Crippen molar-refractivity contribution >= 4 is 5.91 Å². The first-order valence-corrected chi connectivity index (χ1v) is 9.61. The van der Waals surface area contributed by atoms with Crippen LogP contribution in [-0.4, -0.2) is 55.0 Å². The van der Waals surface area contributed by atoms with E-state index in [0.717, 1.165) is 44.0 Å². The van der Waals surface area contributed by atoms with Crippen LogP contribution in [0.5, 0.6) is 5.75 Å². The molecule has 3 aliphatic heterocycles. The molecule has 5 rings (SSSR count). The van der Waals surface area contributed by atoms with Crippen molar-refractivity contribution < 1.29 is 18.3 Å². The lowest BCUT2D eigenvalue weighted by molar-refractivity contribution is 0.0708. The van der Waals surface area contributed by atoms with Crippen molar-refractivity contribution in [1.82, 2.24) is 9.80 Å². The highest BCUT2D eigenvalue weighted by Crippen LogP contribution is 2.34. The monoisotopic (exact) mass is 364 g/mol. The van der Waals surface area contributed by atoms with Gasteiger partial charge >= 0.3 is 0 Å². The van der Waals surface area contributed by atoms with Gasteiger partial charge in [-0.1, -0.05) is 6.42 Å². The topological polar surface area (TPSA) is 32.8 Å². The number of fused-ring (bicyclic) bond motifs is 4. The zero-order valence-corrected chi connectivity index (χ0v) is 15.2. The molecule has 3 heterocycles. The van der Waals surface area contributed by atoms with Crippen LogP contribution in [0, 0.1) is 23.5 Å². The summed E-state index contributed by atoms with van der Waals surface area (Å²) in [6.07, 6.45) is 6.09. The van der Waals surface area contributed by atoms with Crippen LogP contribution in [0.4, 0.5) is 8.78 Å². The molecule has 0 aromatic heterocycles. The largest absolute Gasteiger partial charge is 0.497 e. The number of carbonyl (C=O) groups is 1. The molecule has 0 spiro atoms. The Morgan fingerprint density at radius 2 is 1.85 bits per heavy atom. The second kappa shape index (κ2) is 7.14. The van der Waals surface area contributed by atoms with Crippen LogP contribution in [0.15, 0.2) is 12.1 Å². The van der Waals surface area contributed by atoms with Crippen LogP contribution in [0.25, 0.3) is 0 Å². The Labute approximate surface area is 153 Å². The van der Waals surface area contributed by atoms with E-state index in [4.69, 9.17) is 4.74 Å². The summed E-state index contributed by atoms with van der Waals surface area (Å²) >= 11 is 0. The molecule has 0 N–H and O–H groups in total. The maximum absolute atomic E-state index is 14.3. The quantitative estimate of drug-likeness (QED) is 0.822. The maximum Gasteiger partial charge on any atom is 0.259 e. The molecular formula is C20H26F2N2O2. The molecule has 3 saturated heterocycles. The normalized spacial score (nSPS) is 26.5. The van der Waals surface area contributed by atoms with Gasteiger partial charge in [-0.2, -0.15) is 0 Å². The number of methoxy groups -OCH3 is 1. The summed E-state index contributed by atoms with van der Waals surface area (Å²) in [5, 5.41) is 0. The molecule has 0 unspecified atom stereocenters. The van der Waals surface area contributed by atoms with Crippen molar-refractivity contribution in [3.63, 3.8) is 0 Å². The average molecular weight is 364 g/mol. The van der Waals surface area contributed by atoms with Crippen molar-refractivity contribution in [1.29, 1.82) is 0 Å². The van der Waals surface area contributed by atoms with Gasteiger partial charge in [-0.25, -0.2) is 8.78 Å². The fraction of sp³-hybridized carbons (Fsp3) is 0.650. The lowest BCUT2D eigenvalue weighted by Crippen LogP contribution is -2.47. The first-order valence-electron chi connectivity index (χ1n) is 9.61. The van der Waals surface area contributed by atoms with E-state index in [0.29, 0.717) is 25.0 Å². The van der Waals surface area contributed by atoms with Crippen molar-refractivity contribution in [2.24, 2.45) is 11.8 Å². The summed E-state index contributed by atoms with van der Waals surface area (Å²) in [4.78, 5) is 17.1. The third-order valence-corrected chi connectivity index (χ3v) is 6.30. The third kappa shape index (κ3) is 3.31. The van der Waals surface area contributed by atoms with Crippen LogP contribution in [0.3, 0.4) is 0 Å². The van der Waals surface area contributed by atoms with Gasteiger partial charge in [0.1, 0.15) is 22.9 Å². The lowest BCUT2D eigenvalue weighted by Gasteiger charge is -2.40. The molecule has 1 aliphatic carbocycles. The molecule has 6 heteroatoms. The minimum absolute atomic E-state index is 0.0826. The van der Waals surface area contributed by atoms with E-state index in [1.54, 1.807) is 4.90 Å². The summed E-state index contributed by atoms with van der Waals surface area (Å²) < 4.78 is 33.6. The van der Waals surface area contributed by atoms with Crippen LogP contribution in [0.2, 0.25) is 0 Å². The van der Waals surface area contributed by atoms with Gasteiger partial charge in [-0.05, 0) is 37.5 Å². The number of halogens is 2. The Kier molecular flexibility index (Phi) is 4.86. The standard InChI is InChI=1S/C20H26F2N2O2/c1-26-16-7-17(21)19(18(22)8-16)20(25)24-11-14-5-6-15(12-24)23(10-14)9-13-3-2-4-13/h7-8,13-15H,2-6,9-12H2,1H3/t14-,15-/m1/s1. The van der Waals surface area contributed by atoms with Crippen molar-refractivity contribution in [3.05, 3.63) is 29.3 Å². The molecule has 2 bridgehead atoms. The van der Waals surface area contributed by atoms with Crippen LogP contribution in [-0.2, 0) is 0 Å². The minimum Gasteiger partial charge on any atom is -0.497 e. The molecule has 4 aliphatic rings. The van der Waals surface area contributed by atoms with Gasteiger partial charge in [0.05, 0.1) is 7.11 Å². The summed E-state index contributed by atoms with van der Waals surface area (Å²) in [5.74, 6) is -0.981. The minimum atomic E-state index is -0.852. The average Bonchev–Trinajstić information content (AvgIpc) is 2.89. The molecule has 4 nitrogen and oxygen atoms in total. The Morgan fingerprint density at radius 1 is 1.12 bits per heavy atom. The zero-order chi connectivity index (χ0) is 18.3. The maximum atomic E-state index is 14.3. The SMILES string of the molecule is COc1cc(F)c(C(=O)N2C[C@@H]3CC[C@H](C2)N(CC2CCC2)C3)c(F)c1. The zero-order valence-electron chi connectivity index (χ0n) is 15.2. The molecule has 26 heavy (non-hydrogen) atoms. The Bertz CT molecular complexity index is 669. The fourth-order valence-electron chi connectivity index (χ4n) is 4.61. The van der Waals surface area contributed by atoms with Gasteiger partial charge in [0.2, 0.25) is 0 Å². The van der Waals surface area contributed by atoms with Gasteiger partial charge in [0.25, 0.3) is 5.91 Å². The van der Waals surface area contributed by atoms with Gasteiger partial charge < -0.3 is 9.64 Å². The molecular weight excluding hydrogens is 338 g/mol. The van der Waals surface area contributed by atoms with Gasteiger partial charge in [0, 0.05) is 44.4 Å². The van der Waals surface area contributed by atoms with E-state index in [-0.39, 0.29) is 5.75 Å². The predicted molar refractivity (Wildman–Crippen MR) is 94.2 cm³/mol. The van der Waals surface area contributed by atoms with Crippen LogP contribution >= 0.6 is 0 Å². The smallest absolute Gasteiger partial charge is 0.259 e. The van der Waals surface area contributed by atoms with Gasteiger partial charge in [-0.3, -0.25) is 9.69 Å². The van der Waals surface area contributed by atoms with E-state index < -0.39 is 23.1 Å². The number of nitrogens with zero attached hydrogens (tertiary/aromatic N) is 2. The number of amides is 1. The molecule has 0 radical (unpaired) electrons. The molecule has 4 fully saturated rings. The number of benzene rings is 1. The second-order valence-corrected chi connectivity index (χ2v) is 8.02.